The molecule has 128 valence electrons. The van der Waals surface area contributed by atoms with Gasteiger partial charge in [-0.15, -0.1) is 0 Å². The predicted molar refractivity (Wildman–Crippen MR) is 95.6 cm³/mol. The normalized spacial score (nSPS) is 11.6. The Morgan fingerprint density at radius 2 is 1.58 bits per heavy atom. The molecule has 0 fully saturated rings. The SMILES string of the molecule is CCc1ccc(CC(=O)NC(C)COc2ccc(OC)cc2)cc1. The minimum atomic E-state index is -0.0606. The first kappa shape index (κ1) is 17.9. The van der Waals surface area contributed by atoms with Crippen molar-refractivity contribution < 1.29 is 14.3 Å². The maximum absolute atomic E-state index is 12.1. The lowest BCUT2D eigenvalue weighted by Crippen LogP contribution is -2.37. The third-order valence-corrected chi connectivity index (χ3v) is 3.76. The first-order chi connectivity index (χ1) is 11.6. The second-order valence-corrected chi connectivity index (χ2v) is 5.80. The van der Waals surface area contributed by atoms with E-state index in [4.69, 9.17) is 9.47 Å². The molecule has 0 spiro atoms. The summed E-state index contributed by atoms with van der Waals surface area (Å²) in [4.78, 5) is 12.1. The third kappa shape index (κ3) is 5.61. The van der Waals surface area contributed by atoms with E-state index in [0.29, 0.717) is 13.0 Å². The second kappa shape index (κ2) is 8.96. The lowest BCUT2D eigenvalue weighted by molar-refractivity contribution is -0.121. The topological polar surface area (TPSA) is 47.6 Å². The van der Waals surface area contributed by atoms with Crippen molar-refractivity contribution in [3.8, 4) is 11.5 Å². The number of nitrogens with one attached hydrogen (secondary N) is 1. The molecule has 0 aliphatic carbocycles. The summed E-state index contributed by atoms with van der Waals surface area (Å²) in [7, 11) is 1.63. The molecule has 1 amide bonds. The average molecular weight is 327 g/mol. The molecule has 0 bridgehead atoms. The van der Waals surface area contributed by atoms with Gasteiger partial charge in [0.2, 0.25) is 5.91 Å². The Bertz CT molecular complexity index is 635. The van der Waals surface area contributed by atoms with Crippen molar-refractivity contribution in [2.45, 2.75) is 32.7 Å². The van der Waals surface area contributed by atoms with Gasteiger partial charge in [0, 0.05) is 0 Å². The quantitative estimate of drug-likeness (QED) is 0.808. The third-order valence-electron chi connectivity index (χ3n) is 3.76. The van der Waals surface area contributed by atoms with Crippen molar-refractivity contribution in [1.29, 1.82) is 0 Å². The van der Waals surface area contributed by atoms with Crippen LogP contribution in [0.4, 0.5) is 0 Å². The van der Waals surface area contributed by atoms with Crippen molar-refractivity contribution in [2.75, 3.05) is 13.7 Å². The summed E-state index contributed by atoms with van der Waals surface area (Å²) in [6, 6.07) is 15.5. The fourth-order valence-corrected chi connectivity index (χ4v) is 2.34. The summed E-state index contributed by atoms with van der Waals surface area (Å²) < 4.78 is 10.8. The number of rotatable bonds is 8. The molecule has 0 aliphatic rings. The molecule has 0 aliphatic heterocycles. The van der Waals surface area contributed by atoms with E-state index in [2.05, 4.69) is 24.4 Å². The van der Waals surface area contributed by atoms with Gasteiger partial charge in [0.1, 0.15) is 18.1 Å². The molecule has 0 saturated carbocycles. The van der Waals surface area contributed by atoms with E-state index < -0.39 is 0 Å². The zero-order valence-electron chi connectivity index (χ0n) is 14.5. The molecule has 4 heteroatoms. The molecule has 1 N–H and O–H groups in total. The maximum Gasteiger partial charge on any atom is 0.224 e. The molecule has 2 aromatic carbocycles. The number of benzene rings is 2. The van der Waals surface area contributed by atoms with E-state index >= 15 is 0 Å². The summed E-state index contributed by atoms with van der Waals surface area (Å²) in [6.45, 7) is 4.47. The molecule has 0 radical (unpaired) electrons. The van der Waals surface area contributed by atoms with Crippen LogP contribution in [0.5, 0.6) is 11.5 Å². The van der Waals surface area contributed by atoms with Gasteiger partial charge in [0.15, 0.2) is 0 Å². The molecule has 1 atom stereocenters. The van der Waals surface area contributed by atoms with Crippen LogP contribution < -0.4 is 14.8 Å². The van der Waals surface area contributed by atoms with Crippen LogP contribution in [0.1, 0.15) is 25.0 Å². The van der Waals surface area contributed by atoms with Gasteiger partial charge in [-0.1, -0.05) is 31.2 Å². The Hall–Kier alpha value is -2.49. The minimum Gasteiger partial charge on any atom is -0.497 e. The number of carbonyl (C=O) groups is 1. The molecule has 2 aromatic rings. The Labute approximate surface area is 143 Å². The summed E-state index contributed by atoms with van der Waals surface area (Å²) in [5, 5.41) is 2.96. The molecule has 0 saturated heterocycles. The smallest absolute Gasteiger partial charge is 0.224 e. The monoisotopic (exact) mass is 327 g/mol. The van der Waals surface area contributed by atoms with Gasteiger partial charge in [0.05, 0.1) is 19.6 Å². The van der Waals surface area contributed by atoms with E-state index in [1.54, 1.807) is 7.11 Å². The van der Waals surface area contributed by atoms with E-state index in [-0.39, 0.29) is 11.9 Å². The fourth-order valence-electron chi connectivity index (χ4n) is 2.34. The van der Waals surface area contributed by atoms with Gasteiger partial charge >= 0.3 is 0 Å². The summed E-state index contributed by atoms with van der Waals surface area (Å²) >= 11 is 0. The van der Waals surface area contributed by atoms with Crippen LogP contribution in [0.15, 0.2) is 48.5 Å². The summed E-state index contributed by atoms with van der Waals surface area (Å²) in [5.74, 6) is 1.55. The van der Waals surface area contributed by atoms with E-state index in [1.165, 1.54) is 5.56 Å². The van der Waals surface area contributed by atoms with Crippen LogP contribution >= 0.6 is 0 Å². The Morgan fingerprint density at radius 1 is 1.00 bits per heavy atom. The molecular formula is C20H25NO3. The first-order valence-electron chi connectivity index (χ1n) is 8.24. The molecular weight excluding hydrogens is 302 g/mol. The number of aryl methyl sites for hydroxylation is 1. The molecule has 4 nitrogen and oxygen atoms in total. The number of hydrogen-bond donors (Lipinski definition) is 1. The van der Waals surface area contributed by atoms with Gasteiger partial charge in [-0.05, 0) is 48.7 Å². The highest BCUT2D eigenvalue weighted by molar-refractivity contribution is 5.78. The van der Waals surface area contributed by atoms with Gasteiger partial charge < -0.3 is 14.8 Å². The standard InChI is InChI=1S/C20H25NO3/c1-4-16-5-7-17(8-6-16)13-20(22)21-15(2)14-24-19-11-9-18(23-3)10-12-19/h5-12,15H,4,13-14H2,1-3H3,(H,21,22). The highest BCUT2D eigenvalue weighted by atomic mass is 16.5. The minimum absolute atomic E-state index is 0.00470. The molecule has 2 rings (SSSR count). The second-order valence-electron chi connectivity index (χ2n) is 5.80. The molecule has 24 heavy (non-hydrogen) atoms. The highest BCUT2D eigenvalue weighted by Gasteiger charge is 2.09. The maximum atomic E-state index is 12.1. The Morgan fingerprint density at radius 3 is 2.17 bits per heavy atom. The predicted octanol–water partition coefficient (Wildman–Crippen LogP) is 3.38. The molecule has 0 heterocycles. The van der Waals surface area contributed by atoms with E-state index in [1.807, 2.05) is 43.3 Å². The van der Waals surface area contributed by atoms with E-state index in [9.17, 15) is 4.79 Å². The van der Waals surface area contributed by atoms with Crippen LogP contribution in [0.2, 0.25) is 0 Å². The molecule has 1 unspecified atom stereocenters. The summed E-state index contributed by atoms with van der Waals surface area (Å²) in [5.41, 5.74) is 2.30. The van der Waals surface area contributed by atoms with Gasteiger partial charge in [-0.2, -0.15) is 0 Å². The Balaban J connectivity index is 1.75. The van der Waals surface area contributed by atoms with Crippen LogP contribution in [0, 0.1) is 0 Å². The number of amides is 1. The van der Waals surface area contributed by atoms with E-state index in [0.717, 1.165) is 23.5 Å². The van der Waals surface area contributed by atoms with Crippen molar-refractivity contribution in [1.82, 2.24) is 5.32 Å². The largest absolute Gasteiger partial charge is 0.497 e. The van der Waals surface area contributed by atoms with Crippen molar-refractivity contribution in [3.63, 3.8) is 0 Å². The average Bonchev–Trinajstić information content (AvgIpc) is 2.61. The fraction of sp³-hybridized carbons (Fsp3) is 0.350. The summed E-state index contributed by atoms with van der Waals surface area (Å²) in [6.07, 6.45) is 1.39. The number of carbonyl (C=O) groups excluding carboxylic acids is 1. The zero-order chi connectivity index (χ0) is 17.4. The van der Waals surface area contributed by atoms with Gasteiger partial charge in [-0.25, -0.2) is 0 Å². The van der Waals surface area contributed by atoms with Crippen LogP contribution in [0.25, 0.3) is 0 Å². The lowest BCUT2D eigenvalue weighted by Gasteiger charge is -2.15. The van der Waals surface area contributed by atoms with Crippen molar-refractivity contribution >= 4 is 5.91 Å². The molecule has 0 aromatic heterocycles. The van der Waals surface area contributed by atoms with Gasteiger partial charge in [-0.3, -0.25) is 4.79 Å². The van der Waals surface area contributed by atoms with Crippen LogP contribution in [-0.4, -0.2) is 25.7 Å². The van der Waals surface area contributed by atoms with Crippen LogP contribution in [-0.2, 0) is 17.6 Å². The first-order valence-corrected chi connectivity index (χ1v) is 8.24. The Kier molecular flexibility index (Phi) is 6.67. The lowest BCUT2D eigenvalue weighted by atomic mass is 10.1. The highest BCUT2D eigenvalue weighted by Crippen LogP contribution is 2.17. The number of ether oxygens (including phenoxy) is 2. The van der Waals surface area contributed by atoms with Crippen molar-refractivity contribution in [3.05, 3.63) is 59.7 Å². The number of hydrogen-bond acceptors (Lipinski definition) is 3. The zero-order valence-corrected chi connectivity index (χ0v) is 14.5. The number of methoxy groups -OCH3 is 1. The van der Waals surface area contributed by atoms with Gasteiger partial charge in [0.25, 0.3) is 0 Å². The van der Waals surface area contributed by atoms with Crippen molar-refractivity contribution in [2.24, 2.45) is 0 Å². The van der Waals surface area contributed by atoms with Crippen LogP contribution in [0.3, 0.4) is 0 Å².